The highest BCUT2D eigenvalue weighted by Gasteiger charge is 2.27. The van der Waals surface area contributed by atoms with Crippen molar-refractivity contribution < 1.29 is 22.9 Å². The topological polar surface area (TPSA) is 75.3 Å². The summed E-state index contributed by atoms with van der Waals surface area (Å²) in [6.45, 7) is 7.82. The Balaban J connectivity index is 2.17. The molecule has 0 fully saturated rings. The maximum absolute atomic E-state index is 12.5. The van der Waals surface area contributed by atoms with Crippen LogP contribution in [-0.4, -0.2) is 19.5 Å². The molecule has 3 aromatic carbocycles. The van der Waals surface area contributed by atoms with Crippen LogP contribution >= 0.6 is 10.7 Å². The van der Waals surface area contributed by atoms with Gasteiger partial charge in [-0.05, 0) is 73.2 Å². The number of carboxylic acid groups (broad SMARTS) is 1. The summed E-state index contributed by atoms with van der Waals surface area (Å²) in [7, 11) is 3.59. The van der Waals surface area contributed by atoms with E-state index in [9.17, 15) is 18.3 Å². The molecule has 0 radical (unpaired) electrons. The third kappa shape index (κ3) is 3.44. The molecule has 0 atom stereocenters. The van der Waals surface area contributed by atoms with Gasteiger partial charge in [0.05, 0.1) is 21.2 Å². The van der Waals surface area contributed by atoms with Crippen molar-refractivity contribution in [3.63, 3.8) is 0 Å². The molecule has 0 amide bonds. The summed E-state index contributed by atoms with van der Waals surface area (Å²) in [5, 5.41) is 11.7. The SMILES string of the molecule is Cc1cc(C)c2c(C(=O)O)c3c(C)c(-c4ccc(S(=O)(=O)Cl)cc4)c(C)cc3[n+](C)c2c1. The van der Waals surface area contributed by atoms with E-state index in [1.807, 2.05) is 57.5 Å². The molecule has 7 heteroatoms. The van der Waals surface area contributed by atoms with E-state index in [4.69, 9.17) is 10.7 Å². The lowest BCUT2D eigenvalue weighted by molar-refractivity contribution is -0.617. The zero-order chi connectivity index (χ0) is 23.5. The van der Waals surface area contributed by atoms with Crippen LogP contribution in [0.25, 0.3) is 32.9 Å². The van der Waals surface area contributed by atoms with E-state index < -0.39 is 15.0 Å². The lowest BCUT2D eigenvalue weighted by atomic mass is 9.88. The van der Waals surface area contributed by atoms with Crippen LogP contribution in [-0.2, 0) is 16.1 Å². The summed E-state index contributed by atoms with van der Waals surface area (Å²) in [6.07, 6.45) is 0. The summed E-state index contributed by atoms with van der Waals surface area (Å²) in [6, 6.07) is 12.3. The monoisotopic (exact) mass is 468 g/mol. The van der Waals surface area contributed by atoms with Gasteiger partial charge in [0, 0.05) is 22.8 Å². The molecular formula is C25H23ClNO4S+. The number of hydrogen-bond donors (Lipinski definition) is 1. The van der Waals surface area contributed by atoms with E-state index in [1.54, 1.807) is 12.1 Å². The zero-order valence-corrected chi connectivity index (χ0v) is 20.0. The van der Waals surface area contributed by atoms with Gasteiger partial charge >= 0.3 is 5.97 Å². The van der Waals surface area contributed by atoms with Gasteiger partial charge in [-0.15, -0.1) is 0 Å². The minimum absolute atomic E-state index is 0.0219. The Kier molecular flexibility index (Phi) is 5.26. The van der Waals surface area contributed by atoms with Crippen molar-refractivity contribution in [1.82, 2.24) is 0 Å². The number of nitrogens with zero attached hydrogens (tertiary/aromatic N) is 1. The summed E-state index contributed by atoms with van der Waals surface area (Å²) in [5.74, 6) is -0.978. The van der Waals surface area contributed by atoms with Crippen molar-refractivity contribution in [3.05, 3.63) is 70.3 Å². The number of aromatic nitrogens is 1. The number of rotatable bonds is 3. The highest BCUT2D eigenvalue weighted by Crippen LogP contribution is 2.37. The molecule has 0 saturated carbocycles. The maximum Gasteiger partial charge on any atom is 0.337 e. The summed E-state index contributed by atoms with van der Waals surface area (Å²) >= 11 is 0. The summed E-state index contributed by atoms with van der Waals surface area (Å²) < 4.78 is 25.3. The quantitative estimate of drug-likeness (QED) is 0.250. The number of carbonyl (C=O) groups is 1. The maximum atomic E-state index is 12.5. The predicted molar refractivity (Wildman–Crippen MR) is 127 cm³/mol. The van der Waals surface area contributed by atoms with Gasteiger partial charge in [-0.3, -0.25) is 0 Å². The standard InChI is InChI=1S/C25H22ClNO4S/c1-13-10-14(2)22-19(11-13)27(5)20-12-15(3)21(16(4)23(20)24(22)25(28)29)17-6-8-18(9-7-17)32(26,30)31/h6-12H,1-5H3/p+1. The summed E-state index contributed by atoms with van der Waals surface area (Å²) in [4.78, 5) is 12.5. The first kappa shape index (κ1) is 22.2. The highest BCUT2D eigenvalue weighted by atomic mass is 35.7. The van der Waals surface area contributed by atoms with E-state index in [1.165, 1.54) is 12.1 Å². The Hall–Kier alpha value is -2.96. The number of aryl methyl sites for hydroxylation is 5. The number of benzene rings is 3. The fourth-order valence-corrected chi connectivity index (χ4v) is 5.54. The number of pyridine rings is 1. The van der Waals surface area contributed by atoms with Gasteiger partial charge < -0.3 is 5.11 Å². The van der Waals surface area contributed by atoms with Crippen LogP contribution in [0.1, 0.15) is 32.6 Å². The first-order valence-electron chi connectivity index (χ1n) is 10.1. The smallest absolute Gasteiger partial charge is 0.337 e. The second kappa shape index (κ2) is 7.57. The average molecular weight is 469 g/mol. The molecule has 1 aromatic heterocycles. The number of aromatic carboxylic acids is 1. The Bertz CT molecular complexity index is 1560. The Morgan fingerprint density at radius 3 is 2.06 bits per heavy atom. The molecule has 4 rings (SSSR count). The first-order chi connectivity index (χ1) is 14.9. The van der Waals surface area contributed by atoms with Gasteiger partial charge in [-0.1, -0.05) is 18.2 Å². The van der Waals surface area contributed by atoms with Crippen LogP contribution in [0.3, 0.4) is 0 Å². The van der Waals surface area contributed by atoms with Crippen LogP contribution in [0.15, 0.2) is 47.4 Å². The second-order valence-corrected chi connectivity index (χ2v) is 10.8. The Morgan fingerprint density at radius 1 is 0.906 bits per heavy atom. The fourth-order valence-electron chi connectivity index (χ4n) is 4.77. The summed E-state index contributed by atoms with van der Waals surface area (Å²) in [5.41, 5.74) is 7.43. The van der Waals surface area contributed by atoms with E-state index in [-0.39, 0.29) is 10.5 Å². The molecular weight excluding hydrogens is 446 g/mol. The molecule has 0 aliphatic carbocycles. The first-order valence-corrected chi connectivity index (χ1v) is 12.4. The van der Waals surface area contributed by atoms with Crippen molar-refractivity contribution >= 4 is 47.5 Å². The van der Waals surface area contributed by atoms with Crippen molar-refractivity contribution in [2.45, 2.75) is 32.6 Å². The van der Waals surface area contributed by atoms with Crippen LogP contribution in [0.2, 0.25) is 0 Å². The Morgan fingerprint density at radius 2 is 1.50 bits per heavy atom. The fraction of sp³-hybridized carbons (Fsp3) is 0.200. The second-order valence-electron chi connectivity index (χ2n) is 8.26. The van der Waals surface area contributed by atoms with E-state index in [2.05, 4.69) is 0 Å². The largest absolute Gasteiger partial charge is 0.478 e. The van der Waals surface area contributed by atoms with E-state index >= 15 is 0 Å². The van der Waals surface area contributed by atoms with Crippen LogP contribution in [0, 0.1) is 27.7 Å². The number of carboxylic acids is 1. The van der Waals surface area contributed by atoms with Gasteiger partial charge in [-0.25, -0.2) is 13.2 Å². The minimum Gasteiger partial charge on any atom is -0.478 e. The molecule has 0 unspecified atom stereocenters. The molecule has 0 aliphatic heterocycles. The molecule has 1 heterocycles. The van der Waals surface area contributed by atoms with Gasteiger partial charge in [0.25, 0.3) is 9.05 Å². The van der Waals surface area contributed by atoms with E-state index in [0.29, 0.717) is 5.39 Å². The normalized spacial score (nSPS) is 11.9. The van der Waals surface area contributed by atoms with Gasteiger partial charge in [-0.2, -0.15) is 4.57 Å². The lowest BCUT2D eigenvalue weighted by Crippen LogP contribution is -2.32. The molecule has 164 valence electrons. The predicted octanol–water partition coefficient (Wildman–Crippen LogP) is 5.34. The third-order valence-corrected chi connectivity index (χ3v) is 7.44. The molecule has 32 heavy (non-hydrogen) atoms. The van der Waals surface area contributed by atoms with Crippen LogP contribution in [0.5, 0.6) is 0 Å². The molecule has 0 aliphatic rings. The molecule has 0 saturated heterocycles. The van der Waals surface area contributed by atoms with Crippen molar-refractivity contribution in [2.24, 2.45) is 7.05 Å². The number of hydrogen-bond acceptors (Lipinski definition) is 3. The highest BCUT2D eigenvalue weighted by molar-refractivity contribution is 8.13. The molecule has 0 bridgehead atoms. The Labute approximate surface area is 191 Å². The van der Waals surface area contributed by atoms with Crippen LogP contribution in [0.4, 0.5) is 0 Å². The van der Waals surface area contributed by atoms with Gasteiger partial charge in [0.1, 0.15) is 7.05 Å². The molecule has 0 spiro atoms. The van der Waals surface area contributed by atoms with E-state index in [0.717, 1.165) is 49.8 Å². The molecule has 1 N–H and O–H groups in total. The number of halogens is 1. The number of fused-ring (bicyclic) bond motifs is 2. The van der Waals surface area contributed by atoms with Crippen molar-refractivity contribution in [1.29, 1.82) is 0 Å². The lowest BCUT2D eigenvalue weighted by Gasteiger charge is -2.17. The van der Waals surface area contributed by atoms with Gasteiger partial charge in [0.15, 0.2) is 0 Å². The molecule has 4 aromatic rings. The minimum atomic E-state index is -3.82. The third-order valence-electron chi connectivity index (χ3n) is 6.07. The molecule has 5 nitrogen and oxygen atoms in total. The van der Waals surface area contributed by atoms with Crippen LogP contribution < -0.4 is 4.57 Å². The average Bonchev–Trinajstić information content (AvgIpc) is 2.69. The van der Waals surface area contributed by atoms with Gasteiger partial charge in [0.2, 0.25) is 11.0 Å². The zero-order valence-electron chi connectivity index (χ0n) is 18.4. The van der Waals surface area contributed by atoms with Crippen molar-refractivity contribution in [2.75, 3.05) is 0 Å². The van der Waals surface area contributed by atoms with Crippen molar-refractivity contribution in [3.8, 4) is 11.1 Å².